The minimum absolute atomic E-state index is 0.234. The van der Waals surface area contributed by atoms with E-state index in [2.05, 4.69) is 20.7 Å². The molecule has 0 bridgehead atoms. The Labute approximate surface area is 112 Å². The monoisotopic (exact) mass is 319 g/mol. The first kappa shape index (κ1) is 13.4. The van der Waals surface area contributed by atoms with E-state index in [0.717, 1.165) is 10.0 Å². The summed E-state index contributed by atoms with van der Waals surface area (Å²) in [5.74, 6) is -3.01. The molecule has 98 valence electrons. The quantitative estimate of drug-likeness (QED) is 0.802. The van der Waals surface area contributed by atoms with Crippen molar-refractivity contribution < 1.29 is 18.3 Å². The molecule has 0 spiro atoms. The molecule has 0 N–H and O–H groups in total. The first-order chi connectivity index (χ1) is 8.41. The zero-order valence-electron chi connectivity index (χ0n) is 9.75. The number of carbonyl (C=O) groups excluding carboxylic acids is 1. The summed E-state index contributed by atoms with van der Waals surface area (Å²) in [5, 5.41) is 0. The van der Waals surface area contributed by atoms with Gasteiger partial charge in [0.05, 0.1) is 25.8 Å². The molecule has 0 aliphatic carbocycles. The van der Waals surface area contributed by atoms with Crippen molar-refractivity contribution in [3.05, 3.63) is 33.8 Å². The van der Waals surface area contributed by atoms with Crippen LogP contribution in [-0.4, -0.2) is 37.0 Å². The predicted octanol–water partition coefficient (Wildman–Crippen LogP) is 2.69. The topological polar surface area (TPSA) is 29.5 Å². The van der Waals surface area contributed by atoms with Gasteiger partial charge in [-0.2, -0.15) is 0 Å². The second-order valence-electron chi connectivity index (χ2n) is 4.30. The SMILES string of the molecule is COC(=O)c1ccc(Br)c(CN2CC(F)(F)C2)c1. The molecule has 0 aromatic heterocycles. The van der Waals surface area contributed by atoms with E-state index in [1.54, 1.807) is 23.1 Å². The number of esters is 1. The molecule has 0 amide bonds. The second kappa shape index (κ2) is 4.93. The molecule has 6 heteroatoms. The van der Waals surface area contributed by atoms with Gasteiger partial charge < -0.3 is 4.74 Å². The van der Waals surface area contributed by atoms with E-state index < -0.39 is 11.9 Å². The van der Waals surface area contributed by atoms with Crippen LogP contribution in [0.5, 0.6) is 0 Å². The molecular formula is C12H12BrF2NO2. The van der Waals surface area contributed by atoms with Crippen LogP contribution in [0.2, 0.25) is 0 Å². The lowest BCUT2D eigenvalue weighted by Gasteiger charge is -2.38. The number of methoxy groups -OCH3 is 1. The van der Waals surface area contributed by atoms with Gasteiger partial charge in [0.15, 0.2) is 0 Å². The molecule has 2 rings (SSSR count). The molecule has 1 aliphatic heterocycles. The average molecular weight is 320 g/mol. The summed E-state index contributed by atoms with van der Waals surface area (Å²) in [6.07, 6.45) is 0. The average Bonchev–Trinajstić information content (AvgIpc) is 2.28. The minimum Gasteiger partial charge on any atom is -0.465 e. The minimum atomic E-state index is -2.58. The van der Waals surface area contributed by atoms with E-state index in [4.69, 9.17) is 0 Å². The van der Waals surface area contributed by atoms with Gasteiger partial charge in [-0.25, -0.2) is 13.6 Å². The molecule has 1 heterocycles. The largest absolute Gasteiger partial charge is 0.465 e. The number of halogens is 3. The zero-order chi connectivity index (χ0) is 13.3. The van der Waals surface area contributed by atoms with Gasteiger partial charge in [-0.15, -0.1) is 0 Å². The van der Waals surface area contributed by atoms with Crippen LogP contribution >= 0.6 is 15.9 Å². The smallest absolute Gasteiger partial charge is 0.337 e. The highest BCUT2D eigenvalue weighted by Gasteiger charge is 2.43. The fourth-order valence-corrected chi connectivity index (χ4v) is 2.27. The zero-order valence-corrected chi connectivity index (χ0v) is 11.3. The molecule has 0 atom stereocenters. The Hall–Kier alpha value is -1.01. The molecule has 18 heavy (non-hydrogen) atoms. The van der Waals surface area contributed by atoms with Crippen molar-refractivity contribution in [1.82, 2.24) is 4.90 Å². The maximum Gasteiger partial charge on any atom is 0.337 e. The first-order valence-corrected chi connectivity index (χ1v) is 6.17. The highest BCUT2D eigenvalue weighted by Crippen LogP contribution is 2.30. The maximum atomic E-state index is 12.7. The van der Waals surface area contributed by atoms with Crippen molar-refractivity contribution in [2.45, 2.75) is 12.5 Å². The number of hydrogen-bond donors (Lipinski definition) is 0. The van der Waals surface area contributed by atoms with Gasteiger partial charge in [0.1, 0.15) is 0 Å². The number of likely N-dealkylation sites (tertiary alicyclic amines) is 1. The third-order valence-corrected chi connectivity index (χ3v) is 3.54. The molecular weight excluding hydrogens is 308 g/mol. The standard InChI is InChI=1S/C12H12BrF2NO2/c1-18-11(17)8-2-3-10(13)9(4-8)5-16-6-12(14,15)7-16/h2-4H,5-7H2,1H3. The Morgan fingerprint density at radius 1 is 1.50 bits per heavy atom. The number of rotatable bonds is 3. The second-order valence-corrected chi connectivity index (χ2v) is 5.15. The predicted molar refractivity (Wildman–Crippen MR) is 65.7 cm³/mol. The molecule has 0 radical (unpaired) electrons. The van der Waals surface area contributed by atoms with Crippen molar-refractivity contribution in [3.8, 4) is 0 Å². The lowest BCUT2D eigenvalue weighted by molar-refractivity contribution is -0.133. The highest BCUT2D eigenvalue weighted by atomic mass is 79.9. The van der Waals surface area contributed by atoms with E-state index in [1.165, 1.54) is 7.11 Å². The van der Waals surface area contributed by atoms with Crippen LogP contribution in [0, 0.1) is 0 Å². The molecule has 1 saturated heterocycles. The Balaban J connectivity index is 2.10. The summed E-state index contributed by atoms with van der Waals surface area (Å²) in [6, 6.07) is 5.01. The van der Waals surface area contributed by atoms with E-state index >= 15 is 0 Å². The molecule has 1 aromatic rings. The summed E-state index contributed by atoms with van der Waals surface area (Å²) in [7, 11) is 1.31. The van der Waals surface area contributed by atoms with Crippen LogP contribution in [0.1, 0.15) is 15.9 Å². The van der Waals surface area contributed by atoms with Crippen LogP contribution in [0.25, 0.3) is 0 Å². The molecule has 3 nitrogen and oxygen atoms in total. The van der Waals surface area contributed by atoms with Crippen LogP contribution in [-0.2, 0) is 11.3 Å². The van der Waals surface area contributed by atoms with Crippen molar-refractivity contribution in [3.63, 3.8) is 0 Å². The summed E-state index contributed by atoms with van der Waals surface area (Å²) in [6.45, 7) is -0.0786. The van der Waals surface area contributed by atoms with E-state index in [1.807, 2.05) is 0 Å². The lowest BCUT2D eigenvalue weighted by Crippen LogP contribution is -2.55. The third-order valence-electron chi connectivity index (χ3n) is 2.77. The number of alkyl halides is 2. The van der Waals surface area contributed by atoms with Crippen molar-refractivity contribution in [2.75, 3.05) is 20.2 Å². The molecule has 0 unspecified atom stereocenters. The summed E-state index contributed by atoms with van der Waals surface area (Å²) in [5.41, 5.74) is 1.22. The number of ether oxygens (including phenoxy) is 1. The third kappa shape index (κ3) is 2.87. The first-order valence-electron chi connectivity index (χ1n) is 5.38. The van der Waals surface area contributed by atoms with Crippen LogP contribution in [0.4, 0.5) is 8.78 Å². The van der Waals surface area contributed by atoms with Gasteiger partial charge >= 0.3 is 5.97 Å². The lowest BCUT2D eigenvalue weighted by atomic mass is 10.1. The van der Waals surface area contributed by atoms with Gasteiger partial charge in [-0.1, -0.05) is 15.9 Å². The molecule has 1 fully saturated rings. The fraction of sp³-hybridized carbons (Fsp3) is 0.417. The summed E-state index contributed by atoms with van der Waals surface area (Å²) >= 11 is 3.35. The number of nitrogens with zero attached hydrogens (tertiary/aromatic N) is 1. The van der Waals surface area contributed by atoms with Crippen molar-refractivity contribution >= 4 is 21.9 Å². The highest BCUT2D eigenvalue weighted by molar-refractivity contribution is 9.10. The number of benzene rings is 1. The number of carbonyl (C=O) groups is 1. The van der Waals surface area contributed by atoms with Crippen molar-refractivity contribution in [2.24, 2.45) is 0 Å². The maximum absolute atomic E-state index is 12.7. The van der Waals surface area contributed by atoms with E-state index in [0.29, 0.717) is 12.1 Å². The molecule has 1 aromatic carbocycles. The summed E-state index contributed by atoms with van der Waals surface area (Å²) < 4.78 is 30.9. The molecule has 0 saturated carbocycles. The Morgan fingerprint density at radius 2 is 2.17 bits per heavy atom. The van der Waals surface area contributed by atoms with Gasteiger partial charge in [-0.05, 0) is 23.8 Å². The summed E-state index contributed by atoms with van der Waals surface area (Å²) in [4.78, 5) is 13.0. The Kier molecular flexibility index (Phi) is 3.68. The number of hydrogen-bond acceptors (Lipinski definition) is 3. The van der Waals surface area contributed by atoms with Crippen LogP contribution < -0.4 is 0 Å². The van der Waals surface area contributed by atoms with Crippen molar-refractivity contribution in [1.29, 1.82) is 0 Å². The van der Waals surface area contributed by atoms with Gasteiger partial charge in [0.25, 0.3) is 5.92 Å². The molecule has 1 aliphatic rings. The fourth-order valence-electron chi connectivity index (χ4n) is 1.90. The van der Waals surface area contributed by atoms with Gasteiger partial charge in [0, 0.05) is 11.0 Å². The van der Waals surface area contributed by atoms with Crippen LogP contribution in [0.15, 0.2) is 22.7 Å². The van der Waals surface area contributed by atoms with Crippen LogP contribution in [0.3, 0.4) is 0 Å². The Bertz CT molecular complexity index is 471. The normalized spacial score (nSPS) is 18.2. The van der Waals surface area contributed by atoms with Gasteiger partial charge in [-0.3, -0.25) is 4.90 Å². The van der Waals surface area contributed by atoms with E-state index in [-0.39, 0.29) is 13.1 Å². The Morgan fingerprint density at radius 3 is 2.72 bits per heavy atom. The van der Waals surface area contributed by atoms with Gasteiger partial charge in [0.2, 0.25) is 0 Å². The van der Waals surface area contributed by atoms with E-state index in [9.17, 15) is 13.6 Å².